The van der Waals surface area contributed by atoms with Gasteiger partial charge in [-0.15, -0.1) is 0 Å². The van der Waals surface area contributed by atoms with Gasteiger partial charge in [0, 0.05) is 16.9 Å². The number of urea groups is 1. The Hall–Kier alpha value is -4.70. The third kappa shape index (κ3) is 6.60. The van der Waals surface area contributed by atoms with Crippen molar-refractivity contribution in [3.63, 3.8) is 0 Å². The molecule has 216 valence electrons. The first kappa shape index (κ1) is 28.8. The van der Waals surface area contributed by atoms with Crippen LogP contribution in [-0.2, 0) is 16.1 Å². The van der Waals surface area contributed by atoms with Crippen molar-refractivity contribution < 1.29 is 23.5 Å². The van der Waals surface area contributed by atoms with Gasteiger partial charge in [0.1, 0.15) is 17.6 Å². The molecule has 11 heteroatoms. The molecule has 4 amide bonds. The van der Waals surface area contributed by atoms with Gasteiger partial charge in [0.05, 0.1) is 37.1 Å². The van der Waals surface area contributed by atoms with Crippen molar-refractivity contribution in [1.82, 2.24) is 9.78 Å². The minimum Gasteiger partial charge on any atom is -0.494 e. The molecule has 0 saturated carbocycles. The van der Waals surface area contributed by atoms with Crippen molar-refractivity contribution in [3.8, 4) is 5.75 Å². The maximum atomic E-state index is 13.7. The number of hydrogen-bond acceptors (Lipinski definition) is 5. The molecule has 0 bridgehead atoms. The van der Waals surface area contributed by atoms with E-state index < -0.39 is 23.9 Å². The smallest absolute Gasteiger partial charge is 0.327 e. The van der Waals surface area contributed by atoms with Crippen LogP contribution in [-0.4, -0.2) is 40.3 Å². The standard InChI is InChI=1S/C31H29ClFN5O4/c1-2-3-15-42-27-13-11-25(12-14-27)38-29(39)17-28(30(38)40)37(31(41)35-24-6-4-5-22(32)16-24)26-18-34-36(20-26)19-21-7-9-23(33)10-8-21/h4-14,16,18,20,28H,2-3,15,17,19H2,1H3,(H,35,41)/t28-/m0/s1. The molecule has 1 saturated heterocycles. The fraction of sp³-hybridized carbons (Fsp3) is 0.226. The molecule has 0 aliphatic carbocycles. The third-order valence-corrected chi connectivity index (χ3v) is 6.98. The van der Waals surface area contributed by atoms with Gasteiger partial charge in [-0.25, -0.2) is 14.1 Å². The van der Waals surface area contributed by atoms with Crippen LogP contribution in [0, 0.1) is 5.82 Å². The van der Waals surface area contributed by atoms with Crippen molar-refractivity contribution in [3.05, 3.63) is 102 Å². The van der Waals surface area contributed by atoms with E-state index in [2.05, 4.69) is 17.3 Å². The van der Waals surface area contributed by atoms with Gasteiger partial charge in [0.15, 0.2) is 0 Å². The molecule has 1 aliphatic rings. The highest BCUT2D eigenvalue weighted by Gasteiger charge is 2.45. The van der Waals surface area contributed by atoms with Gasteiger partial charge in [-0.05, 0) is 66.6 Å². The Bertz CT molecular complexity index is 1570. The SMILES string of the molecule is CCCCOc1ccc(N2C(=O)C[C@H](N(C(=O)Nc3cccc(Cl)c3)c3cnn(Cc4ccc(F)cc4)c3)C2=O)cc1. The molecule has 4 aromatic rings. The van der Waals surface area contributed by atoms with Gasteiger partial charge in [-0.3, -0.25) is 19.2 Å². The van der Waals surface area contributed by atoms with E-state index in [1.54, 1.807) is 71.5 Å². The van der Waals surface area contributed by atoms with Crippen molar-refractivity contribution >= 4 is 46.5 Å². The number of unbranched alkanes of at least 4 members (excludes halogenated alkanes) is 1. The molecule has 0 spiro atoms. The summed E-state index contributed by atoms with van der Waals surface area (Å²) in [5.41, 5.74) is 1.91. The number of carbonyl (C=O) groups excluding carboxylic acids is 3. The van der Waals surface area contributed by atoms with E-state index in [1.807, 2.05) is 0 Å². The number of nitrogens with zero attached hydrogens (tertiary/aromatic N) is 4. The second kappa shape index (κ2) is 12.9. The Morgan fingerprint density at radius 3 is 2.60 bits per heavy atom. The number of nitrogens with one attached hydrogen (secondary N) is 1. The lowest BCUT2D eigenvalue weighted by molar-refractivity contribution is -0.121. The van der Waals surface area contributed by atoms with Gasteiger partial charge < -0.3 is 10.1 Å². The molecule has 1 atom stereocenters. The zero-order valence-corrected chi connectivity index (χ0v) is 23.6. The summed E-state index contributed by atoms with van der Waals surface area (Å²) >= 11 is 6.10. The number of halogens is 2. The van der Waals surface area contributed by atoms with E-state index >= 15 is 0 Å². The van der Waals surface area contributed by atoms with Gasteiger partial charge in [-0.1, -0.05) is 43.1 Å². The summed E-state index contributed by atoms with van der Waals surface area (Å²) < 4.78 is 20.6. The van der Waals surface area contributed by atoms with E-state index in [4.69, 9.17) is 16.3 Å². The van der Waals surface area contributed by atoms with Crippen LogP contribution in [0.3, 0.4) is 0 Å². The average Bonchev–Trinajstić information content (AvgIpc) is 3.54. The number of anilines is 3. The average molecular weight is 590 g/mol. The molecule has 3 aromatic carbocycles. The molecule has 1 aliphatic heterocycles. The molecule has 5 rings (SSSR count). The van der Waals surface area contributed by atoms with Crippen LogP contribution < -0.4 is 19.9 Å². The van der Waals surface area contributed by atoms with E-state index in [0.717, 1.165) is 23.3 Å². The zero-order valence-electron chi connectivity index (χ0n) is 22.9. The van der Waals surface area contributed by atoms with E-state index in [-0.39, 0.29) is 12.2 Å². The molecule has 9 nitrogen and oxygen atoms in total. The molecular formula is C31H29ClFN5O4. The number of imide groups is 1. The first-order valence-electron chi connectivity index (χ1n) is 13.5. The van der Waals surface area contributed by atoms with Crippen LogP contribution in [0.2, 0.25) is 5.02 Å². The normalized spacial score (nSPS) is 14.7. The Balaban J connectivity index is 1.41. The van der Waals surface area contributed by atoms with Crippen molar-refractivity contribution in [2.24, 2.45) is 0 Å². The fourth-order valence-corrected chi connectivity index (χ4v) is 4.83. The summed E-state index contributed by atoms with van der Waals surface area (Å²) in [4.78, 5) is 42.9. The number of hydrogen-bond donors (Lipinski definition) is 1. The lowest BCUT2D eigenvalue weighted by Crippen LogP contribution is -2.47. The van der Waals surface area contributed by atoms with Gasteiger partial charge >= 0.3 is 6.03 Å². The van der Waals surface area contributed by atoms with Gasteiger partial charge in [0.2, 0.25) is 5.91 Å². The molecule has 0 radical (unpaired) electrons. The summed E-state index contributed by atoms with van der Waals surface area (Å²) in [6.45, 7) is 2.95. The molecule has 1 fully saturated rings. The van der Waals surface area contributed by atoms with E-state index in [1.165, 1.54) is 23.2 Å². The number of ether oxygens (including phenoxy) is 1. The minimum atomic E-state index is -1.12. The lowest BCUT2D eigenvalue weighted by Gasteiger charge is -2.26. The van der Waals surface area contributed by atoms with Crippen molar-refractivity contribution in [2.75, 3.05) is 21.7 Å². The summed E-state index contributed by atoms with van der Waals surface area (Å²) in [6.07, 6.45) is 4.75. The molecule has 1 aromatic heterocycles. The first-order chi connectivity index (χ1) is 20.3. The first-order valence-corrected chi connectivity index (χ1v) is 13.9. The Labute approximate surface area is 247 Å². The van der Waals surface area contributed by atoms with Gasteiger partial charge in [0.25, 0.3) is 5.91 Å². The van der Waals surface area contributed by atoms with E-state index in [0.29, 0.717) is 41.0 Å². The number of rotatable bonds is 10. The number of aromatic nitrogens is 2. The largest absolute Gasteiger partial charge is 0.494 e. The summed E-state index contributed by atoms with van der Waals surface area (Å²) in [6, 6.07) is 17.5. The topological polar surface area (TPSA) is 96.8 Å². The Morgan fingerprint density at radius 1 is 1.12 bits per heavy atom. The molecular weight excluding hydrogens is 561 g/mol. The number of amides is 4. The maximum Gasteiger partial charge on any atom is 0.327 e. The Kier molecular flexibility index (Phi) is 8.83. The second-order valence-corrected chi connectivity index (χ2v) is 10.3. The third-order valence-electron chi connectivity index (χ3n) is 6.75. The maximum absolute atomic E-state index is 13.7. The van der Waals surface area contributed by atoms with Crippen LogP contribution in [0.5, 0.6) is 5.75 Å². The molecule has 1 N–H and O–H groups in total. The summed E-state index contributed by atoms with van der Waals surface area (Å²) in [7, 11) is 0. The van der Waals surface area contributed by atoms with Crippen LogP contribution in [0.25, 0.3) is 0 Å². The Morgan fingerprint density at radius 2 is 1.88 bits per heavy atom. The van der Waals surface area contributed by atoms with Crippen LogP contribution in [0.4, 0.5) is 26.2 Å². The van der Waals surface area contributed by atoms with Crippen molar-refractivity contribution in [1.29, 1.82) is 0 Å². The molecule has 42 heavy (non-hydrogen) atoms. The highest BCUT2D eigenvalue weighted by atomic mass is 35.5. The minimum absolute atomic E-state index is 0.223. The summed E-state index contributed by atoms with van der Waals surface area (Å²) in [5.74, 6) is -0.702. The highest BCUT2D eigenvalue weighted by Crippen LogP contribution is 2.31. The zero-order chi connectivity index (χ0) is 29.6. The van der Waals surface area contributed by atoms with Crippen LogP contribution >= 0.6 is 11.6 Å². The predicted molar refractivity (Wildman–Crippen MR) is 158 cm³/mol. The van der Waals surface area contributed by atoms with Crippen LogP contribution in [0.1, 0.15) is 31.7 Å². The lowest BCUT2D eigenvalue weighted by atomic mass is 10.2. The monoisotopic (exact) mass is 589 g/mol. The summed E-state index contributed by atoms with van der Waals surface area (Å²) in [5, 5.41) is 7.54. The van der Waals surface area contributed by atoms with Crippen LogP contribution in [0.15, 0.2) is 85.2 Å². The fourth-order valence-electron chi connectivity index (χ4n) is 4.64. The molecule has 0 unspecified atom stereocenters. The second-order valence-electron chi connectivity index (χ2n) is 9.82. The highest BCUT2D eigenvalue weighted by molar-refractivity contribution is 6.31. The quantitative estimate of drug-likeness (QED) is 0.174. The van der Waals surface area contributed by atoms with Gasteiger partial charge in [-0.2, -0.15) is 5.10 Å². The number of benzene rings is 3. The van der Waals surface area contributed by atoms with E-state index in [9.17, 15) is 18.8 Å². The number of carbonyl (C=O) groups is 3. The predicted octanol–water partition coefficient (Wildman–Crippen LogP) is 6.27. The molecule has 2 heterocycles. The van der Waals surface area contributed by atoms with Crippen molar-refractivity contribution in [2.45, 2.75) is 38.8 Å².